The molecular weight excluding hydrogens is 443 g/mol. The number of ether oxygens (including phenoxy) is 2. The van der Waals surface area contributed by atoms with E-state index in [1.807, 2.05) is 6.20 Å². The van der Waals surface area contributed by atoms with Crippen LogP contribution in [0.1, 0.15) is 29.5 Å². The van der Waals surface area contributed by atoms with Gasteiger partial charge in [-0.15, -0.1) is 0 Å². The molecular formula is C21H26F3N5O4. The van der Waals surface area contributed by atoms with Crippen molar-refractivity contribution in [3.63, 3.8) is 0 Å². The number of aliphatic hydroxyl groups excluding tert-OH is 1. The normalized spacial score (nSPS) is 27.0. The minimum absolute atomic E-state index is 0.0197. The lowest BCUT2D eigenvalue weighted by molar-refractivity contribution is -0.138. The first-order chi connectivity index (χ1) is 15.7. The number of nitrogens with one attached hydrogen (secondary N) is 2. The molecule has 2 aliphatic rings. The van der Waals surface area contributed by atoms with Gasteiger partial charge in [-0.1, -0.05) is 0 Å². The third kappa shape index (κ3) is 5.69. The minimum Gasteiger partial charge on any atom is -0.388 e. The van der Waals surface area contributed by atoms with Crippen molar-refractivity contribution < 1.29 is 32.5 Å². The first-order valence-corrected chi connectivity index (χ1v) is 10.6. The van der Waals surface area contributed by atoms with Crippen molar-refractivity contribution in [2.75, 3.05) is 6.54 Å². The number of alkyl halides is 3. The van der Waals surface area contributed by atoms with Crippen molar-refractivity contribution in [3.8, 4) is 0 Å². The number of fused-ring (bicyclic) bond motifs is 1. The van der Waals surface area contributed by atoms with Gasteiger partial charge in [-0.3, -0.25) is 14.5 Å². The summed E-state index contributed by atoms with van der Waals surface area (Å²) in [6, 6.07) is 0.934. The third-order valence-corrected chi connectivity index (χ3v) is 5.81. The van der Waals surface area contributed by atoms with E-state index in [9.17, 15) is 23.1 Å². The number of carbonyl (C=O) groups is 1. The molecule has 2 fully saturated rings. The van der Waals surface area contributed by atoms with Crippen LogP contribution in [-0.2, 0) is 40.6 Å². The molecule has 4 heterocycles. The van der Waals surface area contributed by atoms with Crippen LogP contribution < -0.4 is 10.6 Å². The fraction of sp³-hybridized carbons (Fsp3) is 0.571. The SMILES string of the molecule is Cn1cc(CNC(=O)CC2CC3OC(CNCc4cnccc4C(F)(F)F)C(O)C3O2)cn1. The first kappa shape index (κ1) is 23.6. The molecule has 0 aromatic carbocycles. The number of halogens is 3. The number of rotatable bonds is 8. The molecule has 2 aromatic heterocycles. The van der Waals surface area contributed by atoms with E-state index in [4.69, 9.17) is 9.47 Å². The van der Waals surface area contributed by atoms with E-state index in [0.29, 0.717) is 13.0 Å². The van der Waals surface area contributed by atoms with Crippen LogP contribution in [0.25, 0.3) is 0 Å². The number of aliphatic hydroxyl groups is 1. The zero-order chi connectivity index (χ0) is 23.6. The molecule has 1 amide bonds. The van der Waals surface area contributed by atoms with E-state index in [0.717, 1.165) is 17.8 Å². The summed E-state index contributed by atoms with van der Waals surface area (Å²) in [5, 5.41) is 20.3. The summed E-state index contributed by atoms with van der Waals surface area (Å²) in [6.07, 6.45) is -0.978. The van der Waals surface area contributed by atoms with Crippen LogP contribution in [0, 0.1) is 0 Å². The molecule has 0 saturated carbocycles. The summed E-state index contributed by atoms with van der Waals surface area (Å²) < 4.78 is 52.6. The molecule has 0 radical (unpaired) electrons. The maximum absolute atomic E-state index is 13.1. The second kappa shape index (κ2) is 9.75. The molecule has 2 saturated heterocycles. The van der Waals surface area contributed by atoms with Gasteiger partial charge in [0.1, 0.15) is 12.2 Å². The second-order valence-electron chi connectivity index (χ2n) is 8.33. The number of hydrogen-bond donors (Lipinski definition) is 3. The summed E-state index contributed by atoms with van der Waals surface area (Å²) >= 11 is 0. The third-order valence-electron chi connectivity index (χ3n) is 5.81. The highest BCUT2D eigenvalue weighted by Gasteiger charge is 2.50. The second-order valence-corrected chi connectivity index (χ2v) is 8.33. The van der Waals surface area contributed by atoms with E-state index in [-0.39, 0.29) is 43.2 Å². The Balaban J connectivity index is 1.21. The Morgan fingerprint density at radius 2 is 2.12 bits per heavy atom. The van der Waals surface area contributed by atoms with Crippen LogP contribution >= 0.6 is 0 Å². The summed E-state index contributed by atoms with van der Waals surface area (Å²) in [5.74, 6) is -0.173. The highest BCUT2D eigenvalue weighted by molar-refractivity contribution is 5.76. The lowest BCUT2D eigenvalue weighted by Crippen LogP contribution is -2.39. The van der Waals surface area contributed by atoms with Crippen molar-refractivity contribution in [1.82, 2.24) is 25.4 Å². The number of pyridine rings is 1. The Bertz CT molecular complexity index is 969. The van der Waals surface area contributed by atoms with Gasteiger partial charge < -0.3 is 25.2 Å². The summed E-state index contributed by atoms with van der Waals surface area (Å²) in [6.45, 7) is 0.456. The molecule has 2 aliphatic heterocycles. The highest BCUT2D eigenvalue weighted by atomic mass is 19.4. The van der Waals surface area contributed by atoms with Crippen molar-refractivity contribution in [3.05, 3.63) is 47.5 Å². The fourth-order valence-corrected chi connectivity index (χ4v) is 4.25. The topological polar surface area (TPSA) is 111 Å². The molecule has 0 aliphatic carbocycles. The predicted octanol–water partition coefficient (Wildman–Crippen LogP) is 0.916. The molecule has 33 heavy (non-hydrogen) atoms. The van der Waals surface area contributed by atoms with E-state index in [1.54, 1.807) is 17.9 Å². The predicted molar refractivity (Wildman–Crippen MR) is 109 cm³/mol. The number of aromatic nitrogens is 3. The maximum atomic E-state index is 13.1. The van der Waals surface area contributed by atoms with E-state index < -0.39 is 30.1 Å². The van der Waals surface area contributed by atoms with Crippen molar-refractivity contribution in [2.24, 2.45) is 7.05 Å². The zero-order valence-electron chi connectivity index (χ0n) is 18.0. The van der Waals surface area contributed by atoms with Crippen molar-refractivity contribution in [1.29, 1.82) is 0 Å². The summed E-state index contributed by atoms with van der Waals surface area (Å²) in [7, 11) is 1.79. The van der Waals surface area contributed by atoms with Gasteiger partial charge in [0, 0.05) is 57.3 Å². The largest absolute Gasteiger partial charge is 0.416 e. The first-order valence-electron chi connectivity index (χ1n) is 10.6. The lowest BCUT2D eigenvalue weighted by Gasteiger charge is -2.20. The van der Waals surface area contributed by atoms with Gasteiger partial charge in [-0.05, 0) is 11.6 Å². The molecule has 180 valence electrons. The zero-order valence-corrected chi connectivity index (χ0v) is 18.0. The molecule has 5 unspecified atom stereocenters. The molecule has 0 bridgehead atoms. The number of nitrogens with zero attached hydrogens (tertiary/aromatic N) is 3. The van der Waals surface area contributed by atoms with Gasteiger partial charge in [0.2, 0.25) is 5.91 Å². The molecule has 2 aromatic rings. The van der Waals surface area contributed by atoms with Crippen LogP contribution in [0.2, 0.25) is 0 Å². The summed E-state index contributed by atoms with van der Waals surface area (Å²) in [4.78, 5) is 16.0. The van der Waals surface area contributed by atoms with Gasteiger partial charge >= 0.3 is 6.18 Å². The molecule has 12 heteroatoms. The Morgan fingerprint density at radius 3 is 2.82 bits per heavy atom. The smallest absolute Gasteiger partial charge is 0.388 e. The standard InChI is InChI=1S/C21H26F3N5O4/c1-29-11-12(7-28-29)6-27-18(30)5-14-4-16-20(32-14)19(31)17(33-16)10-26-9-13-8-25-3-2-15(13)21(22,23)24/h2-3,7-8,11,14,16-17,19-20,26,31H,4-6,9-10H2,1H3,(H,27,30). The Morgan fingerprint density at radius 1 is 1.30 bits per heavy atom. The average molecular weight is 469 g/mol. The van der Waals surface area contributed by atoms with Crippen LogP contribution in [0.5, 0.6) is 0 Å². The van der Waals surface area contributed by atoms with Gasteiger partial charge in [0.25, 0.3) is 0 Å². The number of amides is 1. The number of aryl methyl sites for hydroxylation is 1. The molecule has 5 atom stereocenters. The molecule has 9 nitrogen and oxygen atoms in total. The van der Waals surface area contributed by atoms with Gasteiger partial charge in [-0.25, -0.2) is 0 Å². The van der Waals surface area contributed by atoms with Crippen LogP contribution in [0.3, 0.4) is 0 Å². The Labute approximate surface area is 188 Å². The Kier molecular flexibility index (Phi) is 6.98. The van der Waals surface area contributed by atoms with E-state index in [2.05, 4.69) is 20.7 Å². The van der Waals surface area contributed by atoms with Gasteiger partial charge in [0.15, 0.2) is 0 Å². The van der Waals surface area contributed by atoms with Crippen molar-refractivity contribution in [2.45, 2.75) is 62.6 Å². The highest BCUT2D eigenvalue weighted by Crippen LogP contribution is 2.35. The van der Waals surface area contributed by atoms with E-state index in [1.165, 1.54) is 6.20 Å². The lowest BCUT2D eigenvalue weighted by atomic mass is 10.1. The molecule has 0 spiro atoms. The summed E-state index contributed by atoms with van der Waals surface area (Å²) in [5.41, 5.74) is 0.159. The monoisotopic (exact) mass is 469 g/mol. The molecule has 3 N–H and O–H groups in total. The van der Waals surface area contributed by atoms with E-state index >= 15 is 0 Å². The number of carbonyl (C=O) groups excluding carboxylic acids is 1. The average Bonchev–Trinajstić information content (AvgIpc) is 3.43. The van der Waals surface area contributed by atoms with Gasteiger partial charge in [0.05, 0.1) is 36.5 Å². The number of hydrogen-bond acceptors (Lipinski definition) is 7. The quantitative estimate of drug-likeness (QED) is 0.527. The fourth-order valence-electron chi connectivity index (χ4n) is 4.25. The van der Waals surface area contributed by atoms with Crippen LogP contribution in [0.15, 0.2) is 30.9 Å². The van der Waals surface area contributed by atoms with Gasteiger partial charge in [-0.2, -0.15) is 18.3 Å². The maximum Gasteiger partial charge on any atom is 0.416 e. The van der Waals surface area contributed by atoms with Crippen LogP contribution in [-0.4, -0.2) is 62.8 Å². The van der Waals surface area contributed by atoms with Crippen molar-refractivity contribution >= 4 is 5.91 Å². The Hall–Kier alpha value is -2.54. The van der Waals surface area contributed by atoms with Crippen LogP contribution in [0.4, 0.5) is 13.2 Å². The molecule has 4 rings (SSSR count). The minimum atomic E-state index is -4.46.